The molecule has 0 saturated heterocycles. The molecule has 0 bridgehead atoms. The first-order chi connectivity index (χ1) is 9.81. The minimum Gasteiger partial charge on any atom is -0.321 e. The number of thiazole rings is 1. The number of para-hydroxylation sites is 1. The number of rotatable bonds is 3. The Balaban J connectivity index is 1.72. The van der Waals surface area contributed by atoms with Crippen molar-refractivity contribution in [1.82, 2.24) is 9.97 Å². The molecule has 1 amide bonds. The highest BCUT2D eigenvalue weighted by Crippen LogP contribution is 2.22. The summed E-state index contributed by atoms with van der Waals surface area (Å²) < 4.78 is 1.11. The van der Waals surface area contributed by atoms with Gasteiger partial charge in [-0.25, -0.2) is 4.98 Å². The summed E-state index contributed by atoms with van der Waals surface area (Å²) in [6.45, 7) is 0. The molecule has 20 heavy (non-hydrogen) atoms. The smallest absolute Gasteiger partial charge is 0.248 e. The van der Waals surface area contributed by atoms with E-state index in [1.807, 2.05) is 24.3 Å². The molecule has 0 radical (unpaired) electrons. The summed E-state index contributed by atoms with van der Waals surface area (Å²) in [6.07, 6.45) is 6.46. The maximum Gasteiger partial charge on any atom is 0.248 e. The highest BCUT2D eigenvalue weighted by molar-refractivity contribution is 7.19. The number of aromatic nitrogens is 2. The van der Waals surface area contributed by atoms with Crippen molar-refractivity contribution >= 4 is 39.2 Å². The first kappa shape index (κ1) is 12.5. The molecule has 0 atom stereocenters. The molecule has 0 spiro atoms. The second kappa shape index (κ2) is 5.63. The van der Waals surface area contributed by atoms with Gasteiger partial charge in [0.1, 0.15) is 5.01 Å². The summed E-state index contributed by atoms with van der Waals surface area (Å²) in [7, 11) is 0. The normalized spacial score (nSPS) is 11.0. The first-order valence-electron chi connectivity index (χ1n) is 6.06. The molecule has 3 rings (SSSR count). The molecule has 0 aliphatic rings. The first-order valence-corrected chi connectivity index (χ1v) is 6.87. The van der Waals surface area contributed by atoms with Crippen molar-refractivity contribution in [2.45, 2.75) is 0 Å². The third kappa shape index (κ3) is 2.89. The average molecular weight is 281 g/mol. The molecule has 0 saturated carbocycles. The van der Waals surface area contributed by atoms with Gasteiger partial charge in [-0.2, -0.15) is 0 Å². The van der Waals surface area contributed by atoms with Crippen LogP contribution in [0.15, 0.2) is 54.9 Å². The minimum atomic E-state index is -0.197. The van der Waals surface area contributed by atoms with Gasteiger partial charge in [0.05, 0.1) is 22.1 Å². The van der Waals surface area contributed by atoms with Crippen molar-refractivity contribution in [1.29, 1.82) is 0 Å². The van der Waals surface area contributed by atoms with Gasteiger partial charge in [-0.1, -0.05) is 12.1 Å². The van der Waals surface area contributed by atoms with Gasteiger partial charge in [0.15, 0.2) is 0 Å². The van der Waals surface area contributed by atoms with E-state index in [-0.39, 0.29) is 5.91 Å². The summed E-state index contributed by atoms with van der Waals surface area (Å²) in [4.78, 5) is 20.1. The van der Waals surface area contributed by atoms with Crippen molar-refractivity contribution in [2.24, 2.45) is 0 Å². The van der Waals surface area contributed by atoms with Gasteiger partial charge in [-0.3, -0.25) is 9.78 Å². The second-order valence-electron chi connectivity index (χ2n) is 4.08. The van der Waals surface area contributed by atoms with Crippen LogP contribution in [0, 0.1) is 0 Å². The summed E-state index contributed by atoms with van der Waals surface area (Å²) in [5.41, 5.74) is 1.62. The quantitative estimate of drug-likeness (QED) is 0.749. The molecule has 0 unspecified atom stereocenters. The lowest BCUT2D eigenvalue weighted by Gasteiger charge is -1.99. The molecule has 4 nitrogen and oxygen atoms in total. The number of nitrogens with zero attached hydrogens (tertiary/aromatic N) is 2. The van der Waals surface area contributed by atoms with Crippen molar-refractivity contribution < 1.29 is 4.79 Å². The van der Waals surface area contributed by atoms with Crippen LogP contribution in [0.3, 0.4) is 0 Å². The van der Waals surface area contributed by atoms with E-state index in [0.29, 0.717) is 5.69 Å². The van der Waals surface area contributed by atoms with Gasteiger partial charge in [0.2, 0.25) is 5.91 Å². The molecule has 1 aromatic carbocycles. The van der Waals surface area contributed by atoms with Gasteiger partial charge in [0.25, 0.3) is 0 Å². The molecule has 0 fully saturated rings. The molecular weight excluding hydrogens is 270 g/mol. The Morgan fingerprint density at radius 2 is 2.10 bits per heavy atom. The third-order valence-electron chi connectivity index (χ3n) is 2.62. The molecular formula is C15H11N3OS. The summed E-state index contributed by atoms with van der Waals surface area (Å²) >= 11 is 1.56. The van der Waals surface area contributed by atoms with E-state index >= 15 is 0 Å². The lowest BCUT2D eigenvalue weighted by molar-refractivity contribution is -0.111. The highest BCUT2D eigenvalue weighted by atomic mass is 32.1. The van der Waals surface area contributed by atoms with Crippen molar-refractivity contribution in [3.63, 3.8) is 0 Å². The zero-order valence-electron chi connectivity index (χ0n) is 10.5. The van der Waals surface area contributed by atoms with Gasteiger partial charge in [0, 0.05) is 12.3 Å². The van der Waals surface area contributed by atoms with E-state index in [1.54, 1.807) is 41.9 Å². The van der Waals surface area contributed by atoms with Crippen LogP contribution in [0.25, 0.3) is 16.3 Å². The monoisotopic (exact) mass is 281 g/mol. The van der Waals surface area contributed by atoms with E-state index in [9.17, 15) is 4.79 Å². The number of nitrogens with one attached hydrogen (secondary N) is 1. The van der Waals surface area contributed by atoms with Gasteiger partial charge in [-0.15, -0.1) is 11.3 Å². The predicted molar refractivity (Wildman–Crippen MR) is 81.5 cm³/mol. The number of benzene rings is 1. The fourth-order valence-corrected chi connectivity index (χ4v) is 2.60. The lowest BCUT2D eigenvalue weighted by Crippen LogP contribution is -2.07. The van der Waals surface area contributed by atoms with Crippen LogP contribution in [0.1, 0.15) is 5.01 Å². The number of anilines is 1. The van der Waals surface area contributed by atoms with Gasteiger partial charge in [-0.05, 0) is 30.3 Å². The van der Waals surface area contributed by atoms with E-state index in [0.717, 1.165) is 15.2 Å². The molecule has 0 aliphatic heterocycles. The maximum atomic E-state index is 11.8. The number of hydrogen-bond acceptors (Lipinski definition) is 4. The molecule has 0 aliphatic carbocycles. The zero-order chi connectivity index (χ0) is 13.8. The van der Waals surface area contributed by atoms with Crippen LogP contribution in [-0.4, -0.2) is 15.9 Å². The number of hydrogen-bond donors (Lipinski definition) is 1. The van der Waals surface area contributed by atoms with E-state index in [2.05, 4.69) is 15.3 Å². The molecule has 2 heterocycles. The fourth-order valence-electron chi connectivity index (χ4n) is 1.73. The van der Waals surface area contributed by atoms with E-state index < -0.39 is 0 Å². The Morgan fingerprint density at radius 1 is 1.20 bits per heavy atom. The molecule has 1 N–H and O–H groups in total. The van der Waals surface area contributed by atoms with Crippen LogP contribution < -0.4 is 5.32 Å². The highest BCUT2D eigenvalue weighted by Gasteiger charge is 2.01. The van der Waals surface area contributed by atoms with E-state index in [1.165, 1.54) is 6.08 Å². The minimum absolute atomic E-state index is 0.197. The Bertz CT molecular complexity index is 732. The maximum absolute atomic E-state index is 11.8. The molecule has 98 valence electrons. The van der Waals surface area contributed by atoms with Gasteiger partial charge < -0.3 is 5.32 Å². The number of carbonyl (C=O) groups is 1. The lowest BCUT2D eigenvalue weighted by atomic mass is 10.3. The van der Waals surface area contributed by atoms with Crippen LogP contribution in [-0.2, 0) is 4.79 Å². The Morgan fingerprint density at radius 3 is 2.90 bits per heavy atom. The van der Waals surface area contributed by atoms with Crippen molar-refractivity contribution in [3.8, 4) is 0 Å². The average Bonchev–Trinajstić information content (AvgIpc) is 2.89. The SMILES string of the molecule is O=C(C=Cc1nc2ccccc2s1)Nc1cccnc1. The summed E-state index contributed by atoms with van der Waals surface area (Å²) in [5, 5.41) is 3.55. The molecule has 5 heteroatoms. The summed E-state index contributed by atoms with van der Waals surface area (Å²) in [5.74, 6) is -0.197. The second-order valence-corrected chi connectivity index (χ2v) is 5.15. The standard InChI is InChI=1S/C15H11N3OS/c19-14(17-11-4-3-9-16-10-11)7-8-15-18-12-5-1-2-6-13(12)20-15/h1-10H,(H,17,19). The summed E-state index contributed by atoms with van der Waals surface area (Å²) in [6, 6.07) is 11.5. The topological polar surface area (TPSA) is 54.9 Å². The largest absolute Gasteiger partial charge is 0.321 e. The zero-order valence-corrected chi connectivity index (χ0v) is 11.3. The third-order valence-corrected chi connectivity index (χ3v) is 3.62. The number of fused-ring (bicyclic) bond motifs is 1. The Labute approximate surface area is 119 Å². The van der Waals surface area contributed by atoms with Crippen LogP contribution in [0.4, 0.5) is 5.69 Å². The number of carbonyl (C=O) groups excluding carboxylic acids is 1. The van der Waals surface area contributed by atoms with Crippen LogP contribution in [0.5, 0.6) is 0 Å². The predicted octanol–water partition coefficient (Wildman–Crippen LogP) is 3.34. The van der Waals surface area contributed by atoms with Crippen LogP contribution in [0.2, 0.25) is 0 Å². The van der Waals surface area contributed by atoms with Crippen molar-refractivity contribution in [2.75, 3.05) is 5.32 Å². The number of amides is 1. The molecule has 3 aromatic rings. The Kier molecular flexibility index (Phi) is 3.52. The fraction of sp³-hybridized carbons (Fsp3) is 0. The van der Waals surface area contributed by atoms with E-state index in [4.69, 9.17) is 0 Å². The van der Waals surface area contributed by atoms with Gasteiger partial charge >= 0.3 is 0 Å². The Hall–Kier alpha value is -2.53. The molecule has 2 aromatic heterocycles. The van der Waals surface area contributed by atoms with Crippen molar-refractivity contribution in [3.05, 3.63) is 59.9 Å². The van der Waals surface area contributed by atoms with Crippen LogP contribution >= 0.6 is 11.3 Å². The number of pyridine rings is 1.